The number of benzene rings is 2. The maximum atomic E-state index is 6.12. The zero-order chi connectivity index (χ0) is 14.5. The summed E-state index contributed by atoms with van der Waals surface area (Å²) in [6.07, 6.45) is 2.26. The molecule has 20 heavy (non-hydrogen) atoms. The van der Waals surface area contributed by atoms with Crippen LogP contribution in [0, 0.1) is 0 Å². The summed E-state index contributed by atoms with van der Waals surface area (Å²) < 4.78 is 0. The molecule has 0 aromatic heterocycles. The van der Waals surface area contributed by atoms with Gasteiger partial charge in [0.25, 0.3) is 0 Å². The van der Waals surface area contributed by atoms with Crippen LogP contribution in [-0.4, -0.2) is 7.05 Å². The molecule has 2 rings (SSSR count). The summed E-state index contributed by atoms with van der Waals surface area (Å²) in [5, 5.41) is 4.53. The van der Waals surface area contributed by atoms with Gasteiger partial charge >= 0.3 is 0 Å². The molecule has 3 heteroatoms. The molecule has 0 saturated carbocycles. The Morgan fingerprint density at radius 2 is 1.75 bits per heavy atom. The van der Waals surface area contributed by atoms with E-state index in [4.69, 9.17) is 23.2 Å². The van der Waals surface area contributed by atoms with Gasteiger partial charge in [0.1, 0.15) is 0 Å². The molecule has 0 bridgehead atoms. The molecule has 1 nitrogen and oxygen atoms in total. The molecule has 1 N–H and O–H groups in total. The molecule has 1 unspecified atom stereocenters. The number of rotatable bonds is 5. The van der Waals surface area contributed by atoms with Crippen molar-refractivity contribution in [2.45, 2.75) is 25.8 Å². The molecule has 0 fully saturated rings. The average Bonchev–Trinajstić information content (AvgIpc) is 2.44. The van der Waals surface area contributed by atoms with Gasteiger partial charge in [0.15, 0.2) is 0 Å². The smallest absolute Gasteiger partial charge is 0.0595 e. The maximum absolute atomic E-state index is 6.12. The van der Waals surface area contributed by atoms with Gasteiger partial charge in [0.05, 0.1) is 16.1 Å². The minimum Gasteiger partial charge on any atom is -0.309 e. The first-order valence-corrected chi connectivity index (χ1v) is 7.62. The van der Waals surface area contributed by atoms with Gasteiger partial charge in [-0.15, -0.1) is 0 Å². The zero-order valence-corrected chi connectivity index (χ0v) is 13.3. The second-order valence-electron chi connectivity index (χ2n) is 4.89. The van der Waals surface area contributed by atoms with Crippen molar-refractivity contribution in [1.29, 1.82) is 0 Å². The summed E-state index contributed by atoms with van der Waals surface area (Å²) in [4.78, 5) is 0. The van der Waals surface area contributed by atoms with Crippen LogP contribution in [0.4, 0.5) is 0 Å². The molecular formula is C17H19Cl2N. The van der Waals surface area contributed by atoms with Gasteiger partial charge in [-0.25, -0.2) is 0 Å². The van der Waals surface area contributed by atoms with Crippen LogP contribution in [0.5, 0.6) is 0 Å². The Kier molecular flexibility index (Phi) is 5.47. The van der Waals surface area contributed by atoms with Crippen LogP contribution >= 0.6 is 23.2 Å². The quantitative estimate of drug-likeness (QED) is 0.795. The molecule has 0 aliphatic heterocycles. The molecule has 0 saturated heterocycles. The molecule has 0 spiro atoms. The van der Waals surface area contributed by atoms with Crippen LogP contribution in [0.25, 0.3) is 0 Å². The van der Waals surface area contributed by atoms with E-state index in [-0.39, 0.29) is 6.04 Å². The summed E-state index contributed by atoms with van der Waals surface area (Å²) >= 11 is 12.1. The van der Waals surface area contributed by atoms with Crippen molar-refractivity contribution < 1.29 is 0 Å². The lowest BCUT2D eigenvalue weighted by atomic mass is 9.96. The van der Waals surface area contributed by atoms with Crippen LogP contribution in [-0.2, 0) is 6.42 Å². The molecule has 0 radical (unpaired) electrons. The summed E-state index contributed by atoms with van der Waals surface area (Å²) in [6.45, 7) is 2.20. The fourth-order valence-electron chi connectivity index (χ4n) is 2.43. The Balaban J connectivity index is 2.36. The van der Waals surface area contributed by atoms with Gasteiger partial charge in [0.2, 0.25) is 0 Å². The van der Waals surface area contributed by atoms with Gasteiger partial charge < -0.3 is 5.32 Å². The minimum atomic E-state index is 0.126. The molecule has 2 aromatic carbocycles. The Labute approximate surface area is 130 Å². The molecule has 0 amide bonds. The molecule has 106 valence electrons. The summed E-state index contributed by atoms with van der Waals surface area (Å²) in [7, 11) is 1.96. The summed E-state index contributed by atoms with van der Waals surface area (Å²) in [5.74, 6) is 0. The maximum Gasteiger partial charge on any atom is 0.0595 e. The molecule has 0 aliphatic rings. The highest BCUT2D eigenvalue weighted by Crippen LogP contribution is 2.29. The second kappa shape index (κ2) is 7.12. The van der Waals surface area contributed by atoms with Gasteiger partial charge in [-0.05, 0) is 42.3 Å². The molecule has 0 heterocycles. The number of hydrogen-bond donors (Lipinski definition) is 1. The van der Waals surface area contributed by atoms with Crippen molar-refractivity contribution >= 4 is 23.2 Å². The van der Waals surface area contributed by atoms with E-state index >= 15 is 0 Å². The molecule has 2 aromatic rings. The Bertz CT molecular complexity index is 581. The lowest BCUT2D eigenvalue weighted by Gasteiger charge is -2.18. The third kappa shape index (κ3) is 3.54. The van der Waals surface area contributed by atoms with Crippen LogP contribution in [0.1, 0.15) is 36.1 Å². The van der Waals surface area contributed by atoms with Crippen LogP contribution < -0.4 is 5.32 Å². The monoisotopic (exact) mass is 307 g/mol. The van der Waals surface area contributed by atoms with Crippen molar-refractivity contribution in [3.8, 4) is 0 Å². The molecule has 0 aliphatic carbocycles. The highest BCUT2D eigenvalue weighted by atomic mass is 35.5. The third-order valence-electron chi connectivity index (χ3n) is 3.39. The second-order valence-corrected chi connectivity index (χ2v) is 5.70. The van der Waals surface area contributed by atoms with E-state index in [1.54, 1.807) is 0 Å². The summed E-state index contributed by atoms with van der Waals surface area (Å²) in [5.41, 5.74) is 3.73. The van der Waals surface area contributed by atoms with Crippen LogP contribution in [0.15, 0.2) is 42.5 Å². The fraction of sp³-hybridized carbons (Fsp3) is 0.294. The molecule has 1 atom stereocenters. The van der Waals surface area contributed by atoms with Gasteiger partial charge in [-0.3, -0.25) is 0 Å². The van der Waals surface area contributed by atoms with E-state index in [1.165, 1.54) is 11.1 Å². The van der Waals surface area contributed by atoms with E-state index in [9.17, 15) is 0 Å². The van der Waals surface area contributed by atoms with Gasteiger partial charge in [0, 0.05) is 0 Å². The first-order chi connectivity index (χ1) is 9.65. The zero-order valence-electron chi connectivity index (χ0n) is 11.8. The first kappa shape index (κ1) is 15.4. The predicted molar refractivity (Wildman–Crippen MR) is 87.8 cm³/mol. The van der Waals surface area contributed by atoms with Crippen molar-refractivity contribution in [1.82, 2.24) is 5.32 Å². The van der Waals surface area contributed by atoms with Crippen molar-refractivity contribution in [2.75, 3.05) is 7.05 Å². The Hall–Kier alpha value is -1.02. The van der Waals surface area contributed by atoms with Crippen LogP contribution in [0.3, 0.4) is 0 Å². The van der Waals surface area contributed by atoms with Crippen molar-refractivity contribution in [3.05, 3.63) is 69.2 Å². The highest BCUT2D eigenvalue weighted by molar-refractivity contribution is 6.42. The highest BCUT2D eigenvalue weighted by Gasteiger charge is 2.13. The first-order valence-electron chi connectivity index (χ1n) is 6.86. The Morgan fingerprint density at radius 3 is 2.40 bits per heavy atom. The van der Waals surface area contributed by atoms with E-state index in [1.807, 2.05) is 25.2 Å². The largest absolute Gasteiger partial charge is 0.309 e. The topological polar surface area (TPSA) is 12.0 Å². The van der Waals surface area contributed by atoms with E-state index in [0.29, 0.717) is 10.0 Å². The van der Waals surface area contributed by atoms with Crippen LogP contribution in [0.2, 0.25) is 10.0 Å². The number of halogens is 2. The SMILES string of the molecule is CCCc1cccc(C(NC)c2ccc(Cl)c(Cl)c2)c1. The van der Waals surface area contributed by atoms with E-state index in [0.717, 1.165) is 18.4 Å². The number of aryl methyl sites for hydroxylation is 1. The average molecular weight is 308 g/mol. The van der Waals surface area contributed by atoms with E-state index in [2.05, 4.69) is 36.5 Å². The molecular weight excluding hydrogens is 289 g/mol. The Morgan fingerprint density at radius 1 is 1.00 bits per heavy atom. The summed E-state index contributed by atoms with van der Waals surface area (Å²) in [6, 6.07) is 14.6. The predicted octanol–water partition coefficient (Wildman–Crippen LogP) is 5.25. The fourth-order valence-corrected chi connectivity index (χ4v) is 2.74. The lowest BCUT2D eigenvalue weighted by molar-refractivity contribution is 0.690. The number of hydrogen-bond acceptors (Lipinski definition) is 1. The lowest BCUT2D eigenvalue weighted by Crippen LogP contribution is -2.17. The van der Waals surface area contributed by atoms with Gasteiger partial charge in [-0.2, -0.15) is 0 Å². The van der Waals surface area contributed by atoms with E-state index < -0.39 is 0 Å². The number of nitrogens with one attached hydrogen (secondary N) is 1. The minimum absolute atomic E-state index is 0.126. The third-order valence-corrected chi connectivity index (χ3v) is 4.13. The van der Waals surface area contributed by atoms with Crippen molar-refractivity contribution in [2.24, 2.45) is 0 Å². The van der Waals surface area contributed by atoms with Crippen molar-refractivity contribution in [3.63, 3.8) is 0 Å². The normalized spacial score (nSPS) is 12.4. The standard InChI is InChI=1S/C17H19Cl2N/c1-3-5-12-6-4-7-13(10-12)17(20-2)14-8-9-15(18)16(19)11-14/h4,6-11,17,20H,3,5H2,1-2H3. The van der Waals surface area contributed by atoms with Gasteiger partial charge in [-0.1, -0.05) is 66.9 Å².